The monoisotopic (exact) mass is 289 g/mol. The maximum Gasteiger partial charge on any atom is 0.260 e. The van der Waals surface area contributed by atoms with Crippen LogP contribution in [-0.2, 0) is 0 Å². The molecule has 1 aromatic carbocycles. The first-order valence-corrected chi connectivity index (χ1v) is 5.84. The summed E-state index contributed by atoms with van der Waals surface area (Å²) in [5.41, 5.74) is 0.458. The van der Waals surface area contributed by atoms with Crippen LogP contribution in [-0.4, -0.2) is 9.97 Å². The number of halogens is 2. The number of nitrogens with zero attached hydrogens (tertiary/aromatic N) is 3. The van der Waals surface area contributed by atoms with Gasteiger partial charge in [0, 0.05) is 0 Å². The lowest BCUT2D eigenvalue weighted by molar-refractivity contribution is 0.413. The topological polar surface area (TPSA) is 71.9 Å². The largest absolute Gasteiger partial charge is 0.442 e. The highest BCUT2D eigenvalue weighted by atomic mass is 35.5. The van der Waals surface area contributed by atoms with Crippen molar-refractivity contribution < 1.29 is 13.5 Å². The fourth-order valence-electron chi connectivity index (χ4n) is 1.70. The summed E-state index contributed by atoms with van der Waals surface area (Å²) in [5, 5.41) is 9.43. The minimum atomic E-state index is -0.788. The highest BCUT2D eigenvalue weighted by Crippen LogP contribution is 2.35. The number of fused-ring (bicyclic) bond motifs is 1. The van der Waals surface area contributed by atoms with E-state index in [4.69, 9.17) is 26.0 Å². The van der Waals surface area contributed by atoms with Crippen LogP contribution < -0.4 is 4.74 Å². The molecule has 0 radical (unpaired) electrons. The second-order valence-electron chi connectivity index (χ2n) is 3.76. The summed E-state index contributed by atoms with van der Waals surface area (Å²) in [6.07, 6.45) is 0.888. The van der Waals surface area contributed by atoms with Gasteiger partial charge in [-0.05, 0) is 23.7 Å². The molecule has 0 aliphatic heterocycles. The van der Waals surface area contributed by atoms with Gasteiger partial charge in [0.15, 0.2) is 5.75 Å². The Bertz CT molecular complexity index is 841. The molecule has 5 nitrogen and oxygen atoms in total. The first-order valence-electron chi connectivity index (χ1n) is 5.46. The summed E-state index contributed by atoms with van der Waals surface area (Å²) >= 11 is 5.59. The Hall–Kier alpha value is -2.65. The molecule has 0 N–H and O–H groups in total. The molecule has 0 atom stereocenters. The SMILES string of the molecule is N#Cc1oc2ccccc2c1Oc1nc(Cl)ncc1F. The number of para-hydroxylation sites is 1. The lowest BCUT2D eigenvalue weighted by atomic mass is 10.2. The summed E-state index contributed by atoms with van der Waals surface area (Å²) in [5.74, 6) is -1.13. The molecular weight excluding hydrogens is 285 g/mol. The second-order valence-corrected chi connectivity index (χ2v) is 4.10. The smallest absolute Gasteiger partial charge is 0.260 e. The molecule has 0 spiro atoms. The molecule has 0 unspecified atom stereocenters. The molecule has 0 amide bonds. The Labute approximate surface area is 117 Å². The van der Waals surface area contributed by atoms with E-state index >= 15 is 0 Å². The number of aromatic nitrogens is 2. The Morgan fingerprint density at radius 2 is 2.15 bits per heavy atom. The van der Waals surface area contributed by atoms with Crippen LogP contribution in [0, 0.1) is 17.1 Å². The van der Waals surface area contributed by atoms with E-state index < -0.39 is 5.82 Å². The second kappa shape index (κ2) is 4.79. The van der Waals surface area contributed by atoms with Crippen LogP contribution in [0.3, 0.4) is 0 Å². The number of hydrogen-bond acceptors (Lipinski definition) is 5. The molecule has 0 saturated heterocycles. The fraction of sp³-hybridized carbons (Fsp3) is 0. The van der Waals surface area contributed by atoms with Crippen molar-refractivity contribution in [3.8, 4) is 17.7 Å². The highest BCUT2D eigenvalue weighted by Gasteiger charge is 2.18. The highest BCUT2D eigenvalue weighted by molar-refractivity contribution is 6.28. The Morgan fingerprint density at radius 3 is 2.95 bits per heavy atom. The maximum absolute atomic E-state index is 13.6. The van der Waals surface area contributed by atoms with Crippen molar-refractivity contribution >= 4 is 22.6 Å². The van der Waals surface area contributed by atoms with E-state index in [-0.39, 0.29) is 22.7 Å². The van der Waals surface area contributed by atoms with Gasteiger partial charge in [-0.25, -0.2) is 4.98 Å². The van der Waals surface area contributed by atoms with Crippen LogP contribution >= 0.6 is 11.6 Å². The van der Waals surface area contributed by atoms with Gasteiger partial charge < -0.3 is 9.15 Å². The molecule has 0 bridgehead atoms. The predicted octanol–water partition coefficient (Wildman–Crippen LogP) is 3.68. The average molecular weight is 290 g/mol. The van der Waals surface area contributed by atoms with E-state index in [1.165, 1.54) is 0 Å². The molecule has 0 aliphatic rings. The third-order valence-corrected chi connectivity index (χ3v) is 2.71. The zero-order chi connectivity index (χ0) is 14.1. The molecule has 0 fully saturated rings. The summed E-state index contributed by atoms with van der Waals surface area (Å²) in [4.78, 5) is 7.12. The van der Waals surface area contributed by atoms with Crippen LogP contribution in [0.25, 0.3) is 11.0 Å². The van der Waals surface area contributed by atoms with Gasteiger partial charge in [0.05, 0.1) is 11.6 Å². The van der Waals surface area contributed by atoms with E-state index in [0.29, 0.717) is 11.0 Å². The van der Waals surface area contributed by atoms with Gasteiger partial charge in [-0.1, -0.05) is 12.1 Å². The molecule has 2 aromatic heterocycles. The number of hydrogen-bond donors (Lipinski definition) is 0. The average Bonchev–Trinajstić information content (AvgIpc) is 2.81. The van der Waals surface area contributed by atoms with Gasteiger partial charge in [0.25, 0.3) is 5.88 Å². The molecular formula is C13H5ClFN3O2. The molecule has 2 heterocycles. The lowest BCUT2D eigenvalue weighted by Gasteiger charge is -2.03. The van der Waals surface area contributed by atoms with Crippen LogP contribution in [0.1, 0.15) is 5.76 Å². The van der Waals surface area contributed by atoms with E-state index in [1.807, 2.05) is 6.07 Å². The van der Waals surface area contributed by atoms with Gasteiger partial charge in [0.1, 0.15) is 11.7 Å². The van der Waals surface area contributed by atoms with Crippen molar-refractivity contribution in [3.63, 3.8) is 0 Å². The summed E-state index contributed by atoms with van der Waals surface area (Å²) in [7, 11) is 0. The Kier molecular flexibility index (Phi) is 2.97. The number of rotatable bonds is 2. The molecule has 0 aliphatic carbocycles. The quantitative estimate of drug-likeness (QED) is 0.673. The summed E-state index contributed by atoms with van der Waals surface area (Å²) < 4.78 is 24.2. The van der Waals surface area contributed by atoms with E-state index in [0.717, 1.165) is 6.20 Å². The maximum atomic E-state index is 13.6. The van der Waals surface area contributed by atoms with Crippen molar-refractivity contribution in [2.75, 3.05) is 0 Å². The van der Waals surface area contributed by atoms with Gasteiger partial charge in [-0.2, -0.15) is 14.6 Å². The minimum absolute atomic E-state index is 0.0691. The van der Waals surface area contributed by atoms with Crippen molar-refractivity contribution in [1.29, 1.82) is 5.26 Å². The number of benzene rings is 1. The number of furan rings is 1. The molecule has 3 aromatic rings. The Balaban J connectivity index is 2.15. The standard InChI is InChI=1S/C13H5ClFN3O2/c14-13-17-6-8(15)12(18-13)20-11-7-3-1-2-4-9(7)19-10(11)5-16/h1-4,6H. The van der Waals surface area contributed by atoms with Crippen LogP contribution in [0.15, 0.2) is 34.9 Å². The van der Waals surface area contributed by atoms with Crippen molar-refractivity contribution in [2.24, 2.45) is 0 Å². The van der Waals surface area contributed by atoms with Crippen LogP contribution in [0.5, 0.6) is 11.6 Å². The normalized spacial score (nSPS) is 10.4. The van der Waals surface area contributed by atoms with Crippen LogP contribution in [0.2, 0.25) is 5.28 Å². The van der Waals surface area contributed by atoms with E-state index in [9.17, 15) is 4.39 Å². The zero-order valence-corrected chi connectivity index (χ0v) is 10.6. The first kappa shape index (κ1) is 12.4. The van der Waals surface area contributed by atoms with Crippen molar-refractivity contribution in [2.45, 2.75) is 0 Å². The molecule has 0 saturated carbocycles. The van der Waals surface area contributed by atoms with Crippen LogP contribution in [0.4, 0.5) is 4.39 Å². The van der Waals surface area contributed by atoms with E-state index in [1.54, 1.807) is 24.3 Å². The van der Waals surface area contributed by atoms with Gasteiger partial charge in [-0.15, -0.1) is 0 Å². The number of ether oxygens (including phenoxy) is 1. The number of nitriles is 1. The molecule has 7 heteroatoms. The third-order valence-electron chi connectivity index (χ3n) is 2.53. The Morgan fingerprint density at radius 1 is 1.35 bits per heavy atom. The lowest BCUT2D eigenvalue weighted by Crippen LogP contribution is -1.95. The summed E-state index contributed by atoms with van der Waals surface area (Å²) in [6, 6.07) is 8.71. The predicted molar refractivity (Wildman–Crippen MR) is 68.0 cm³/mol. The molecule has 3 rings (SSSR count). The molecule has 98 valence electrons. The third kappa shape index (κ3) is 2.04. The van der Waals surface area contributed by atoms with Gasteiger partial charge >= 0.3 is 0 Å². The van der Waals surface area contributed by atoms with Gasteiger partial charge in [-0.3, -0.25) is 0 Å². The van der Waals surface area contributed by atoms with E-state index in [2.05, 4.69) is 9.97 Å². The first-order chi connectivity index (χ1) is 9.69. The fourth-order valence-corrected chi connectivity index (χ4v) is 1.82. The van der Waals surface area contributed by atoms with Gasteiger partial charge in [0.2, 0.25) is 16.9 Å². The zero-order valence-electron chi connectivity index (χ0n) is 9.80. The minimum Gasteiger partial charge on any atom is -0.442 e. The molecule has 20 heavy (non-hydrogen) atoms. The van der Waals surface area contributed by atoms with Crippen molar-refractivity contribution in [1.82, 2.24) is 9.97 Å². The summed E-state index contributed by atoms with van der Waals surface area (Å²) in [6.45, 7) is 0. The van der Waals surface area contributed by atoms with Crippen molar-refractivity contribution in [3.05, 3.63) is 47.3 Å².